The van der Waals surface area contributed by atoms with Crippen LogP contribution in [0.1, 0.15) is 27.6 Å². The molecule has 3 rings (SSSR count). The van der Waals surface area contributed by atoms with Crippen molar-refractivity contribution < 1.29 is 9.53 Å². The molecule has 0 amide bonds. The number of rotatable bonds is 5. The van der Waals surface area contributed by atoms with Gasteiger partial charge in [-0.05, 0) is 35.4 Å². The highest BCUT2D eigenvalue weighted by Gasteiger charge is 2.15. The predicted molar refractivity (Wildman–Crippen MR) is 87.2 cm³/mol. The molecule has 0 radical (unpaired) electrons. The molecule has 0 spiro atoms. The lowest BCUT2D eigenvalue weighted by Gasteiger charge is -2.20. The third-order valence-electron chi connectivity index (χ3n) is 3.47. The average molecular weight is 288 g/mol. The molecule has 0 aliphatic carbocycles. The minimum absolute atomic E-state index is 0.176. The molecule has 0 atom stereocenters. The highest BCUT2D eigenvalue weighted by atomic mass is 16.5. The first-order valence-electron chi connectivity index (χ1n) is 7.18. The van der Waals surface area contributed by atoms with Crippen LogP contribution in [-0.2, 0) is 0 Å². The van der Waals surface area contributed by atoms with E-state index in [0.29, 0.717) is 5.56 Å². The number of benzene rings is 3. The largest absolute Gasteiger partial charge is 0.481 e. The van der Waals surface area contributed by atoms with Gasteiger partial charge in [0.25, 0.3) is 0 Å². The molecule has 0 saturated heterocycles. The zero-order chi connectivity index (χ0) is 15.2. The topological polar surface area (TPSA) is 26.3 Å². The third kappa shape index (κ3) is 3.23. The van der Waals surface area contributed by atoms with Gasteiger partial charge in [-0.3, -0.25) is 4.79 Å². The minimum Gasteiger partial charge on any atom is -0.481 e. The average Bonchev–Trinajstić information content (AvgIpc) is 2.62. The molecule has 0 aliphatic heterocycles. The monoisotopic (exact) mass is 288 g/mol. The second kappa shape index (κ2) is 6.72. The Kier molecular flexibility index (Phi) is 4.30. The second-order valence-electron chi connectivity index (χ2n) is 5.01. The van der Waals surface area contributed by atoms with Crippen LogP contribution in [0.5, 0.6) is 5.75 Å². The Morgan fingerprint density at radius 2 is 1.18 bits per heavy atom. The number of aldehydes is 1. The zero-order valence-electron chi connectivity index (χ0n) is 12.1. The van der Waals surface area contributed by atoms with Gasteiger partial charge in [0.05, 0.1) is 0 Å². The van der Waals surface area contributed by atoms with Crippen molar-refractivity contribution in [2.75, 3.05) is 0 Å². The maximum Gasteiger partial charge on any atom is 0.150 e. The van der Waals surface area contributed by atoms with E-state index < -0.39 is 0 Å². The van der Waals surface area contributed by atoms with Crippen molar-refractivity contribution in [3.8, 4) is 5.75 Å². The number of ether oxygens (including phenoxy) is 1. The van der Waals surface area contributed by atoms with Crippen molar-refractivity contribution in [3.05, 3.63) is 102 Å². The zero-order valence-corrected chi connectivity index (χ0v) is 12.1. The highest BCUT2D eigenvalue weighted by Crippen LogP contribution is 2.28. The van der Waals surface area contributed by atoms with E-state index in [-0.39, 0.29) is 6.10 Å². The number of hydrogen-bond donors (Lipinski definition) is 0. The normalized spacial score (nSPS) is 10.4. The van der Waals surface area contributed by atoms with E-state index >= 15 is 0 Å². The van der Waals surface area contributed by atoms with Crippen LogP contribution in [-0.4, -0.2) is 6.29 Å². The summed E-state index contributed by atoms with van der Waals surface area (Å²) in [6.45, 7) is 0. The Balaban J connectivity index is 1.93. The second-order valence-corrected chi connectivity index (χ2v) is 5.01. The lowest BCUT2D eigenvalue weighted by atomic mass is 10.0. The first-order valence-corrected chi connectivity index (χ1v) is 7.18. The molecule has 0 aromatic heterocycles. The third-order valence-corrected chi connectivity index (χ3v) is 3.47. The smallest absolute Gasteiger partial charge is 0.150 e. The van der Waals surface area contributed by atoms with Crippen LogP contribution in [0.15, 0.2) is 84.9 Å². The summed E-state index contributed by atoms with van der Waals surface area (Å²) in [6, 6.07) is 27.4. The summed E-state index contributed by atoms with van der Waals surface area (Å²) in [6.07, 6.45) is 0.653. The molecule has 0 N–H and O–H groups in total. The first-order chi connectivity index (χ1) is 10.9. The molecule has 2 heteroatoms. The van der Waals surface area contributed by atoms with Gasteiger partial charge >= 0.3 is 0 Å². The van der Waals surface area contributed by atoms with E-state index in [1.165, 1.54) is 0 Å². The van der Waals surface area contributed by atoms with Gasteiger partial charge in [0, 0.05) is 5.56 Å². The van der Waals surface area contributed by atoms with Crippen LogP contribution < -0.4 is 4.74 Å². The molecule has 2 nitrogen and oxygen atoms in total. The number of hydrogen-bond acceptors (Lipinski definition) is 2. The maximum absolute atomic E-state index is 10.7. The number of carbonyl (C=O) groups is 1. The lowest BCUT2D eigenvalue weighted by molar-refractivity contribution is 0.112. The van der Waals surface area contributed by atoms with E-state index in [2.05, 4.69) is 24.3 Å². The first kappa shape index (κ1) is 14.1. The van der Waals surface area contributed by atoms with Crippen LogP contribution in [0.2, 0.25) is 0 Å². The Morgan fingerprint density at radius 3 is 1.64 bits per heavy atom. The Hall–Kier alpha value is -2.87. The van der Waals surface area contributed by atoms with Gasteiger partial charge in [-0.25, -0.2) is 0 Å². The lowest BCUT2D eigenvalue weighted by Crippen LogP contribution is -2.09. The molecular formula is C20H16O2. The fourth-order valence-corrected chi connectivity index (χ4v) is 2.35. The fourth-order valence-electron chi connectivity index (χ4n) is 2.35. The highest BCUT2D eigenvalue weighted by molar-refractivity contribution is 5.74. The van der Waals surface area contributed by atoms with E-state index in [0.717, 1.165) is 23.2 Å². The summed E-state index contributed by atoms with van der Waals surface area (Å²) < 4.78 is 6.17. The van der Waals surface area contributed by atoms with E-state index in [1.54, 1.807) is 12.1 Å². The van der Waals surface area contributed by atoms with Crippen molar-refractivity contribution in [3.63, 3.8) is 0 Å². The van der Waals surface area contributed by atoms with Gasteiger partial charge in [-0.15, -0.1) is 0 Å². The summed E-state index contributed by atoms with van der Waals surface area (Å²) in [5, 5.41) is 0. The molecule has 0 saturated carbocycles. The Labute approximate surface area is 130 Å². The van der Waals surface area contributed by atoms with Gasteiger partial charge < -0.3 is 4.74 Å². The van der Waals surface area contributed by atoms with E-state index in [9.17, 15) is 4.79 Å². The van der Waals surface area contributed by atoms with Gasteiger partial charge in [0.1, 0.15) is 18.1 Å². The summed E-state index contributed by atoms with van der Waals surface area (Å²) in [5.41, 5.74) is 2.82. The molecule has 108 valence electrons. The molecular weight excluding hydrogens is 272 g/mol. The Morgan fingerprint density at radius 1 is 0.682 bits per heavy atom. The molecule has 0 heterocycles. The fraction of sp³-hybridized carbons (Fsp3) is 0.0500. The van der Waals surface area contributed by atoms with Crippen LogP contribution in [0, 0.1) is 0 Å². The molecule has 0 aliphatic rings. The van der Waals surface area contributed by atoms with Crippen molar-refractivity contribution in [2.45, 2.75) is 6.10 Å². The van der Waals surface area contributed by atoms with Crippen LogP contribution in [0.3, 0.4) is 0 Å². The van der Waals surface area contributed by atoms with Gasteiger partial charge in [0.2, 0.25) is 0 Å². The molecule has 22 heavy (non-hydrogen) atoms. The molecule has 0 unspecified atom stereocenters. The van der Waals surface area contributed by atoms with Crippen LogP contribution >= 0.6 is 0 Å². The van der Waals surface area contributed by atoms with Gasteiger partial charge in [0.15, 0.2) is 0 Å². The molecule has 0 fully saturated rings. The van der Waals surface area contributed by atoms with E-state index in [1.807, 2.05) is 48.5 Å². The summed E-state index contributed by atoms with van der Waals surface area (Å²) >= 11 is 0. The van der Waals surface area contributed by atoms with Crippen molar-refractivity contribution in [1.29, 1.82) is 0 Å². The molecule has 3 aromatic carbocycles. The van der Waals surface area contributed by atoms with Crippen LogP contribution in [0.25, 0.3) is 0 Å². The quantitative estimate of drug-likeness (QED) is 0.638. The van der Waals surface area contributed by atoms with Crippen LogP contribution in [0.4, 0.5) is 0 Å². The number of carbonyl (C=O) groups excluding carboxylic acids is 1. The predicted octanol–water partition coefficient (Wildman–Crippen LogP) is 4.67. The Bertz CT molecular complexity index is 679. The van der Waals surface area contributed by atoms with Crippen molar-refractivity contribution >= 4 is 6.29 Å². The minimum atomic E-state index is -0.176. The van der Waals surface area contributed by atoms with Crippen molar-refractivity contribution in [2.24, 2.45) is 0 Å². The van der Waals surface area contributed by atoms with Crippen molar-refractivity contribution in [1.82, 2.24) is 0 Å². The van der Waals surface area contributed by atoms with Gasteiger partial charge in [-0.1, -0.05) is 60.7 Å². The van der Waals surface area contributed by atoms with E-state index in [4.69, 9.17) is 4.74 Å². The molecule has 0 bridgehead atoms. The van der Waals surface area contributed by atoms with Gasteiger partial charge in [-0.2, -0.15) is 0 Å². The summed E-state index contributed by atoms with van der Waals surface area (Å²) in [5.74, 6) is 0.739. The molecule has 3 aromatic rings. The maximum atomic E-state index is 10.7. The summed E-state index contributed by atoms with van der Waals surface area (Å²) in [7, 11) is 0. The SMILES string of the molecule is O=Cc1ccc(OC(c2ccccc2)c2ccccc2)cc1. The summed E-state index contributed by atoms with van der Waals surface area (Å²) in [4.78, 5) is 10.7. The standard InChI is InChI=1S/C20H16O2/c21-15-16-11-13-19(14-12-16)22-20(17-7-3-1-4-8-17)18-9-5-2-6-10-18/h1-15,20H.